The van der Waals surface area contributed by atoms with Gasteiger partial charge in [0.25, 0.3) is 0 Å². The van der Waals surface area contributed by atoms with Gasteiger partial charge in [0.15, 0.2) is 0 Å². The van der Waals surface area contributed by atoms with Crippen LogP contribution in [0.15, 0.2) is 35.2 Å². The van der Waals surface area contributed by atoms with Crippen LogP contribution in [0.5, 0.6) is 0 Å². The van der Waals surface area contributed by atoms with E-state index in [-0.39, 0.29) is 0 Å². The highest BCUT2D eigenvalue weighted by molar-refractivity contribution is 7.07. The van der Waals surface area contributed by atoms with Crippen molar-refractivity contribution in [2.24, 2.45) is 0 Å². The lowest BCUT2D eigenvalue weighted by Crippen LogP contribution is -2.14. The molecule has 3 heteroatoms. The molecule has 1 N–H and O–H groups in total. The highest BCUT2D eigenvalue weighted by Gasteiger charge is 1.98. The maximum absolute atomic E-state index is 3.45. The van der Waals surface area contributed by atoms with Crippen LogP contribution in [0.2, 0.25) is 0 Å². The van der Waals surface area contributed by atoms with Gasteiger partial charge in [0.2, 0.25) is 0 Å². The number of aromatic nitrogens is 1. The number of hydrogen-bond donors (Lipinski definition) is 1. The fraction of sp³-hybridized carbons (Fsp3) is 0.333. The van der Waals surface area contributed by atoms with Gasteiger partial charge in [0.05, 0.1) is 0 Å². The van der Waals surface area contributed by atoms with Crippen molar-refractivity contribution < 1.29 is 0 Å². The van der Waals surface area contributed by atoms with E-state index in [0.29, 0.717) is 0 Å². The monoisotopic (exact) mass is 220 g/mol. The smallest absolute Gasteiger partial charge is 0.0362 e. The van der Waals surface area contributed by atoms with Gasteiger partial charge in [-0.2, -0.15) is 11.3 Å². The fourth-order valence-electron chi connectivity index (χ4n) is 1.65. The molecular weight excluding hydrogens is 204 g/mol. The second kappa shape index (κ2) is 5.14. The third-order valence-electron chi connectivity index (χ3n) is 2.48. The van der Waals surface area contributed by atoms with Crippen LogP contribution in [0, 0.1) is 0 Å². The molecule has 0 fully saturated rings. The zero-order chi connectivity index (χ0) is 10.5. The van der Waals surface area contributed by atoms with Gasteiger partial charge in [0.1, 0.15) is 0 Å². The Morgan fingerprint density at radius 2 is 2.27 bits per heavy atom. The van der Waals surface area contributed by atoms with Crippen molar-refractivity contribution >= 4 is 11.3 Å². The Bertz CT molecular complexity index is 389. The summed E-state index contributed by atoms with van der Waals surface area (Å²) >= 11 is 1.75. The highest BCUT2D eigenvalue weighted by Crippen LogP contribution is 2.06. The van der Waals surface area contributed by atoms with Crippen LogP contribution < -0.4 is 5.32 Å². The van der Waals surface area contributed by atoms with Gasteiger partial charge in [-0.3, -0.25) is 0 Å². The quantitative estimate of drug-likeness (QED) is 0.820. The van der Waals surface area contributed by atoms with Crippen LogP contribution in [0.3, 0.4) is 0 Å². The number of hydrogen-bond acceptors (Lipinski definition) is 2. The van der Waals surface area contributed by atoms with E-state index in [1.165, 1.54) is 11.3 Å². The van der Waals surface area contributed by atoms with Gasteiger partial charge in [-0.25, -0.2) is 0 Å². The average molecular weight is 220 g/mol. The molecule has 0 saturated heterocycles. The van der Waals surface area contributed by atoms with E-state index in [1.54, 1.807) is 11.3 Å². The number of nitrogens with zero attached hydrogens (tertiary/aromatic N) is 1. The summed E-state index contributed by atoms with van der Waals surface area (Å²) in [6.07, 6.45) is 2.13. The molecule has 0 amide bonds. The van der Waals surface area contributed by atoms with E-state index in [2.05, 4.69) is 52.0 Å². The van der Waals surface area contributed by atoms with Crippen molar-refractivity contribution in [3.63, 3.8) is 0 Å². The molecule has 80 valence electrons. The second-order valence-electron chi connectivity index (χ2n) is 3.52. The largest absolute Gasteiger partial charge is 0.351 e. The Labute approximate surface area is 94.6 Å². The Kier molecular flexibility index (Phi) is 3.59. The van der Waals surface area contributed by atoms with Crippen molar-refractivity contribution in [2.45, 2.75) is 26.6 Å². The van der Waals surface area contributed by atoms with Crippen LogP contribution in [-0.4, -0.2) is 4.57 Å². The third kappa shape index (κ3) is 2.70. The summed E-state index contributed by atoms with van der Waals surface area (Å²) in [7, 11) is 0. The zero-order valence-corrected chi connectivity index (χ0v) is 9.76. The van der Waals surface area contributed by atoms with Crippen molar-refractivity contribution in [1.82, 2.24) is 9.88 Å². The molecule has 2 heterocycles. The average Bonchev–Trinajstić information content (AvgIpc) is 2.88. The van der Waals surface area contributed by atoms with Gasteiger partial charge < -0.3 is 9.88 Å². The van der Waals surface area contributed by atoms with Crippen LogP contribution in [0.1, 0.15) is 18.2 Å². The van der Waals surface area contributed by atoms with Crippen molar-refractivity contribution in [3.05, 3.63) is 46.4 Å². The van der Waals surface area contributed by atoms with E-state index >= 15 is 0 Å². The molecule has 0 aliphatic rings. The summed E-state index contributed by atoms with van der Waals surface area (Å²) in [5, 5.41) is 7.75. The fourth-order valence-corrected chi connectivity index (χ4v) is 2.32. The number of nitrogens with one attached hydrogen (secondary N) is 1. The summed E-state index contributed by atoms with van der Waals surface area (Å²) in [4.78, 5) is 0. The minimum Gasteiger partial charge on any atom is -0.351 e. The molecule has 0 bridgehead atoms. The topological polar surface area (TPSA) is 17.0 Å². The summed E-state index contributed by atoms with van der Waals surface area (Å²) in [6, 6.07) is 6.44. The number of aryl methyl sites for hydroxylation is 1. The zero-order valence-electron chi connectivity index (χ0n) is 8.94. The second-order valence-corrected chi connectivity index (χ2v) is 4.30. The minimum atomic E-state index is 0.941. The van der Waals surface area contributed by atoms with Crippen molar-refractivity contribution in [2.75, 3.05) is 0 Å². The summed E-state index contributed by atoms with van der Waals surface area (Å²) in [5.41, 5.74) is 2.72. The lowest BCUT2D eigenvalue weighted by atomic mass is 10.3. The maximum Gasteiger partial charge on any atom is 0.0362 e. The summed E-state index contributed by atoms with van der Waals surface area (Å²) in [5.74, 6) is 0. The van der Waals surface area contributed by atoms with Gasteiger partial charge in [0, 0.05) is 31.5 Å². The molecule has 2 aromatic heterocycles. The molecular formula is C12H16N2S. The molecule has 0 spiro atoms. The Morgan fingerprint density at radius 1 is 1.33 bits per heavy atom. The molecule has 0 radical (unpaired) electrons. The lowest BCUT2D eigenvalue weighted by molar-refractivity contribution is 0.629. The van der Waals surface area contributed by atoms with E-state index in [0.717, 1.165) is 19.6 Å². The maximum atomic E-state index is 3.45. The van der Waals surface area contributed by atoms with Crippen molar-refractivity contribution in [1.29, 1.82) is 0 Å². The molecule has 0 aliphatic heterocycles. The van der Waals surface area contributed by atoms with Crippen LogP contribution in [0.25, 0.3) is 0 Å². The Morgan fingerprint density at radius 3 is 3.00 bits per heavy atom. The molecule has 15 heavy (non-hydrogen) atoms. The van der Waals surface area contributed by atoms with Crippen LogP contribution in [-0.2, 0) is 19.6 Å². The molecule has 0 atom stereocenters. The predicted molar refractivity (Wildman–Crippen MR) is 65.0 cm³/mol. The summed E-state index contributed by atoms with van der Waals surface area (Å²) in [6.45, 7) is 5.11. The minimum absolute atomic E-state index is 0.941. The van der Waals surface area contributed by atoms with E-state index in [4.69, 9.17) is 0 Å². The third-order valence-corrected chi connectivity index (χ3v) is 3.21. The normalized spacial score (nSPS) is 10.7. The van der Waals surface area contributed by atoms with E-state index in [9.17, 15) is 0 Å². The molecule has 0 saturated carbocycles. The molecule has 2 aromatic rings. The standard InChI is InChI=1S/C12H16N2S/c1-2-14-6-3-4-12(14)9-13-8-11-5-7-15-10-11/h3-7,10,13H,2,8-9H2,1H3. The highest BCUT2D eigenvalue weighted by atomic mass is 32.1. The molecule has 0 unspecified atom stereocenters. The first kappa shape index (κ1) is 10.5. The Hall–Kier alpha value is -1.06. The van der Waals surface area contributed by atoms with Gasteiger partial charge in [-0.1, -0.05) is 0 Å². The summed E-state index contributed by atoms with van der Waals surface area (Å²) < 4.78 is 2.26. The lowest BCUT2D eigenvalue weighted by Gasteiger charge is -2.07. The molecule has 0 aromatic carbocycles. The van der Waals surface area contributed by atoms with E-state index < -0.39 is 0 Å². The molecule has 2 rings (SSSR count). The SMILES string of the molecule is CCn1cccc1CNCc1ccsc1. The number of thiophene rings is 1. The first-order valence-corrected chi connectivity index (χ1v) is 6.20. The van der Waals surface area contributed by atoms with Crippen LogP contribution in [0.4, 0.5) is 0 Å². The van der Waals surface area contributed by atoms with Crippen molar-refractivity contribution in [3.8, 4) is 0 Å². The Balaban J connectivity index is 1.83. The van der Waals surface area contributed by atoms with Gasteiger partial charge >= 0.3 is 0 Å². The first-order chi connectivity index (χ1) is 7.40. The predicted octanol–water partition coefficient (Wildman–Crippen LogP) is 2.86. The van der Waals surface area contributed by atoms with Gasteiger partial charge in [-0.15, -0.1) is 0 Å². The van der Waals surface area contributed by atoms with E-state index in [1.807, 2.05) is 0 Å². The van der Waals surface area contributed by atoms with Crippen LogP contribution >= 0.6 is 11.3 Å². The number of rotatable bonds is 5. The molecule has 2 nitrogen and oxygen atoms in total. The first-order valence-electron chi connectivity index (χ1n) is 5.26. The molecule has 0 aliphatic carbocycles. The van der Waals surface area contributed by atoms with Gasteiger partial charge in [-0.05, 0) is 41.4 Å².